The van der Waals surface area contributed by atoms with Crippen LogP contribution in [0.1, 0.15) is 5.56 Å². The third-order valence-electron chi connectivity index (χ3n) is 3.64. The zero-order valence-electron chi connectivity index (χ0n) is 13.0. The van der Waals surface area contributed by atoms with Crippen LogP contribution in [-0.4, -0.2) is 32.3 Å². The molecule has 2 aromatic rings. The first-order chi connectivity index (χ1) is 11.3. The number of carbonyl (C=O) groups excluding carboxylic acids is 1. The van der Waals surface area contributed by atoms with Crippen molar-refractivity contribution < 1.29 is 19.0 Å². The molecular weight excluding hydrogens is 294 g/mol. The van der Waals surface area contributed by atoms with Crippen molar-refractivity contribution >= 4 is 5.91 Å². The van der Waals surface area contributed by atoms with E-state index in [4.69, 9.17) is 14.2 Å². The normalized spacial score (nSPS) is 15.8. The number of nitrogens with one attached hydrogen (secondary N) is 1. The van der Waals surface area contributed by atoms with E-state index in [1.165, 1.54) is 0 Å². The lowest BCUT2D eigenvalue weighted by Crippen LogP contribution is -2.41. The van der Waals surface area contributed by atoms with Crippen molar-refractivity contribution in [3.05, 3.63) is 54.1 Å². The summed E-state index contributed by atoms with van der Waals surface area (Å²) in [6, 6.07) is 15.0. The first kappa shape index (κ1) is 15.2. The van der Waals surface area contributed by atoms with Crippen LogP contribution in [0.25, 0.3) is 0 Å². The topological polar surface area (TPSA) is 56.8 Å². The number of methoxy groups -OCH3 is 1. The number of para-hydroxylation sites is 3. The summed E-state index contributed by atoms with van der Waals surface area (Å²) in [4.78, 5) is 12.1. The highest BCUT2D eigenvalue weighted by Crippen LogP contribution is 2.30. The van der Waals surface area contributed by atoms with Crippen LogP contribution < -0.4 is 19.5 Å². The Morgan fingerprint density at radius 2 is 1.91 bits per heavy atom. The molecule has 1 heterocycles. The molecule has 0 saturated carbocycles. The average molecular weight is 313 g/mol. The molecule has 0 unspecified atom stereocenters. The van der Waals surface area contributed by atoms with Crippen LogP contribution in [0.15, 0.2) is 48.5 Å². The number of carbonyl (C=O) groups is 1. The number of ether oxygens (including phenoxy) is 3. The van der Waals surface area contributed by atoms with Crippen LogP contribution in [0, 0.1) is 0 Å². The van der Waals surface area contributed by atoms with Gasteiger partial charge in [-0.1, -0.05) is 30.3 Å². The van der Waals surface area contributed by atoms with Gasteiger partial charge in [-0.25, -0.2) is 0 Å². The van der Waals surface area contributed by atoms with E-state index in [0.717, 1.165) is 11.3 Å². The predicted molar refractivity (Wildman–Crippen MR) is 86.1 cm³/mol. The Balaban J connectivity index is 1.52. The fourth-order valence-electron chi connectivity index (χ4n) is 2.48. The second kappa shape index (κ2) is 7.05. The minimum absolute atomic E-state index is 0.0723. The smallest absolute Gasteiger partial charge is 0.224 e. The Labute approximate surface area is 135 Å². The zero-order chi connectivity index (χ0) is 16.1. The molecule has 120 valence electrons. The van der Waals surface area contributed by atoms with Gasteiger partial charge in [-0.05, 0) is 18.2 Å². The highest BCUT2D eigenvalue weighted by atomic mass is 16.6. The Hall–Kier alpha value is -2.69. The summed E-state index contributed by atoms with van der Waals surface area (Å²) in [5.41, 5.74) is 0.860. The molecule has 1 aliphatic rings. The molecule has 0 aromatic heterocycles. The van der Waals surface area contributed by atoms with Gasteiger partial charge in [0, 0.05) is 5.56 Å². The van der Waals surface area contributed by atoms with E-state index in [0.29, 0.717) is 24.7 Å². The summed E-state index contributed by atoms with van der Waals surface area (Å²) in [5, 5.41) is 2.88. The van der Waals surface area contributed by atoms with Crippen molar-refractivity contribution in [2.45, 2.75) is 12.5 Å². The SMILES string of the molecule is COc1ccccc1CC(=O)NC[C@H]1COc2ccccc2O1. The summed E-state index contributed by atoms with van der Waals surface area (Å²) in [6.07, 6.45) is 0.0836. The van der Waals surface area contributed by atoms with Gasteiger partial charge in [-0.15, -0.1) is 0 Å². The monoisotopic (exact) mass is 313 g/mol. The molecule has 5 heteroatoms. The van der Waals surface area contributed by atoms with E-state index in [1.54, 1.807) is 7.11 Å². The highest BCUT2D eigenvalue weighted by Gasteiger charge is 2.21. The van der Waals surface area contributed by atoms with Crippen molar-refractivity contribution in [1.29, 1.82) is 0 Å². The summed E-state index contributed by atoms with van der Waals surface area (Å²) in [6.45, 7) is 0.828. The van der Waals surface area contributed by atoms with E-state index >= 15 is 0 Å². The lowest BCUT2D eigenvalue weighted by molar-refractivity contribution is -0.121. The number of fused-ring (bicyclic) bond motifs is 1. The van der Waals surface area contributed by atoms with Crippen molar-refractivity contribution in [1.82, 2.24) is 5.32 Å². The summed E-state index contributed by atoms with van der Waals surface area (Å²) >= 11 is 0. The van der Waals surface area contributed by atoms with E-state index in [1.807, 2.05) is 48.5 Å². The second-order valence-electron chi connectivity index (χ2n) is 5.29. The molecule has 1 aliphatic heterocycles. The number of rotatable bonds is 5. The Kier molecular flexibility index (Phi) is 4.66. The van der Waals surface area contributed by atoms with E-state index < -0.39 is 0 Å². The van der Waals surface area contributed by atoms with E-state index in [9.17, 15) is 4.79 Å². The summed E-state index contributed by atoms with van der Waals surface area (Å²) in [5.74, 6) is 2.10. The van der Waals surface area contributed by atoms with Gasteiger partial charge in [-0.3, -0.25) is 4.79 Å². The van der Waals surface area contributed by atoms with Crippen LogP contribution in [0.3, 0.4) is 0 Å². The first-order valence-corrected chi connectivity index (χ1v) is 7.53. The van der Waals surface area contributed by atoms with Crippen LogP contribution in [0.5, 0.6) is 17.2 Å². The molecule has 5 nitrogen and oxygen atoms in total. The maximum atomic E-state index is 12.1. The highest BCUT2D eigenvalue weighted by molar-refractivity contribution is 5.79. The van der Waals surface area contributed by atoms with Crippen molar-refractivity contribution in [3.8, 4) is 17.2 Å². The van der Waals surface area contributed by atoms with Gasteiger partial charge < -0.3 is 19.5 Å². The molecule has 0 spiro atoms. The van der Waals surface area contributed by atoms with E-state index in [2.05, 4.69) is 5.32 Å². The number of hydrogen-bond acceptors (Lipinski definition) is 4. The summed E-state index contributed by atoms with van der Waals surface area (Å²) in [7, 11) is 1.60. The fourth-order valence-corrected chi connectivity index (χ4v) is 2.48. The molecule has 0 fully saturated rings. The Morgan fingerprint density at radius 1 is 1.17 bits per heavy atom. The maximum Gasteiger partial charge on any atom is 0.224 e. The van der Waals surface area contributed by atoms with Crippen LogP contribution in [-0.2, 0) is 11.2 Å². The molecule has 1 N–H and O–H groups in total. The van der Waals surface area contributed by atoms with Crippen molar-refractivity contribution in [2.24, 2.45) is 0 Å². The number of benzene rings is 2. The average Bonchev–Trinajstić information content (AvgIpc) is 2.60. The quantitative estimate of drug-likeness (QED) is 0.919. The molecule has 1 atom stereocenters. The molecule has 0 bridgehead atoms. The maximum absolute atomic E-state index is 12.1. The molecule has 1 amide bonds. The predicted octanol–water partition coefficient (Wildman–Crippen LogP) is 2.19. The lowest BCUT2D eigenvalue weighted by atomic mass is 10.1. The van der Waals surface area contributed by atoms with Gasteiger partial charge in [0.05, 0.1) is 20.1 Å². The van der Waals surface area contributed by atoms with Gasteiger partial charge in [0.2, 0.25) is 5.91 Å². The minimum Gasteiger partial charge on any atom is -0.496 e. The van der Waals surface area contributed by atoms with Gasteiger partial charge in [0.25, 0.3) is 0 Å². The third kappa shape index (κ3) is 3.74. The summed E-state index contributed by atoms with van der Waals surface area (Å²) < 4.78 is 16.7. The van der Waals surface area contributed by atoms with Gasteiger partial charge in [-0.2, -0.15) is 0 Å². The number of amides is 1. The molecular formula is C18H19NO4. The Bertz CT molecular complexity index is 686. The second-order valence-corrected chi connectivity index (χ2v) is 5.29. The lowest BCUT2D eigenvalue weighted by Gasteiger charge is -2.26. The fraction of sp³-hybridized carbons (Fsp3) is 0.278. The molecule has 0 radical (unpaired) electrons. The first-order valence-electron chi connectivity index (χ1n) is 7.53. The van der Waals surface area contributed by atoms with Crippen molar-refractivity contribution in [2.75, 3.05) is 20.3 Å². The third-order valence-corrected chi connectivity index (χ3v) is 3.64. The Morgan fingerprint density at radius 3 is 2.74 bits per heavy atom. The van der Waals surface area contributed by atoms with Gasteiger partial charge in [0.1, 0.15) is 18.5 Å². The minimum atomic E-state index is -0.188. The van der Waals surface area contributed by atoms with Crippen LogP contribution in [0.2, 0.25) is 0 Å². The van der Waals surface area contributed by atoms with Crippen LogP contribution in [0.4, 0.5) is 0 Å². The van der Waals surface area contributed by atoms with Gasteiger partial charge in [0.15, 0.2) is 11.5 Å². The molecule has 0 aliphatic carbocycles. The molecule has 0 saturated heterocycles. The number of hydrogen-bond donors (Lipinski definition) is 1. The van der Waals surface area contributed by atoms with Gasteiger partial charge >= 0.3 is 0 Å². The van der Waals surface area contributed by atoms with Crippen LogP contribution >= 0.6 is 0 Å². The molecule has 3 rings (SSSR count). The van der Waals surface area contributed by atoms with Crippen molar-refractivity contribution in [3.63, 3.8) is 0 Å². The molecule has 23 heavy (non-hydrogen) atoms. The zero-order valence-corrected chi connectivity index (χ0v) is 13.0. The standard InChI is InChI=1S/C18H19NO4/c1-21-15-7-3-2-6-13(15)10-18(20)19-11-14-12-22-16-8-4-5-9-17(16)23-14/h2-9,14H,10-12H2,1H3,(H,19,20)/t14-/m0/s1. The van der Waals surface area contributed by atoms with E-state index in [-0.39, 0.29) is 18.4 Å². The molecule has 2 aromatic carbocycles. The largest absolute Gasteiger partial charge is 0.496 e.